The zero-order valence-corrected chi connectivity index (χ0v) is 11.9. The van der Waals surface area contributed by atoms with Crippen LogP contribution in [-0.2, 0) is 0 Å². The SMILES string of the molecule is Cc1cccc(NCCN(CC(C)C)C2CC2)c1. The van der Waals surface area contributed by atoms with E-state index in [9.17, 15) is 0 Å². The van der Waals surface area contributed by atoms with E-state index < -0.39 is 0 Å². The van der Waals surface area contributed by atoms with E-state index in [2.05, 4.69) is 55.3 Å². The molecule has 0 aromatic heterocycles. The molecule has 0 aliphatic heterocycles. The highest BCUT2D eigenvalue weighted by atomic mass is 15.2. The Morgan fingerprint density at radius 2 is 2.11 bits per heavy atom. The van der Waals surface area contributed by atoms with Crippen LogP contribution < -0.4 is 5.32 Å². The van der Waals surface area contributed by atoms with Gasteiger partial charge in [0.15, 0.2) is 0 Å². The van der Waals surface area contributed by atoms with E-state index in [4.69, 9.17) is 0 Å². The predicted molar refractivity (Wildman–Crippen MR) is 79.1 cm³/mol. The second-order valence-electron chi connectivity index (χ2n) is 5.92. The van der Waals surface area contributed by atoms with Gasteiger partial charge in [-0.3, -0.25) is 4.90 Å². The number of nitrogens with zero attached hydrogens (tertiary/aromatic N) is 1. The minimum atomic E-state index is 0.768. The third kappa shape index (κ3) is 4.34. The Bertz CT molecular complexity index is 369. The molecule has 0 atom stereocenters. The number of rotatable bonds is 7. The summed E-state index contributed by atoms with van der Waals surface area (Å²) in [6.45, 7) is 10.2. The van der Waals surface area contributed by atoms with Crippen molar-refractivity contribution < 1.29 is 0 Å². The summed E-state index contributed by atoms with van der Waals surface area (Å²) in [7, 11) is 0. The summed E-state index contributed by atoms with van der Waals surface area (Å²) < 4.78 is 0. The van der Waals surface area contributed by atoms with Gasteiger partial charge >= 0.3 is 0 Å². The number of nitrogens with one attached hydrogen (secondary N) is 1. The lowest BCUT2D eigenvalue weighted by atomic mass is 10.2. The molecule has 0 radical (unpaired) electrons. The highest BCUT2D eigenvalue weighted by molar-refractivity contribution is 5.45. The molecule has 1 fully saturated rings. The summed E-state index contributed by atoms with van der Waals surface area (Å²) in [5.41, 5.74) is 2.57. The normalized spacial score (nSPS) is 15.4. The minimum absolute atomic E-state index is 0.768. The highest BCUT2D eigenvalue weighted by Gasteiger charge is 2.28. The van der Waals surface area contributed by atoms with E-state index in [1.54, 1.807) is 0 Å². The summed E-state index contributed by atoms with van der Waals surface area (Å²) in [4.78, 5) is 2.65. The van der Waals surface area contributed by atoms with Crippen LogP contribution in [0.1, 0.15) is 32.3 Å². The first-order chi connectivity index (χ1) is 8.65. The summed E-state index contributed by atoms with van der Waals surface area (Å²) >= 11 is 0. The maximum absolute atomic E-state index is 3.53. The van der Waals surface area contributed by atoms with Gasteiger partial charge in [-0.15, -0.1) is 0 Å². The molecule has 2 nitrogen and oxygen atoms in total. The van der Waals surface area contributed by atoms with Crippen LogP contribution in [0.25, 0.3) is 0 Å². The highest BCUT2D eigenvalue weighted by Crippen LogP contribution is 2.27. The average Bonchev–Trinajstić information content (AvgIpc) is 3.11. The molecule has 1 saturated carbocycles. The number of aryl methyl sites for hydroxylation is 1. The Morgan fingerprint density at radius 1 is 1.33 bits per heavy atom. The molecule has 1 aliphatic rings. The molecule has 0 unspecified atom stereocenters. The summed E-state index contributed by atoms with van der Waals surface area (Å²) in [6.07, 6.45) is 2.80. The van der Waals surface area contributed by atoms with Crippen LogP contribution in [0.2, 0.25) is 0 Å². The lowest BCUT2D eigenvalue weighted by molar-refractivity contribution is 0.243. The van der Waals surface area contributed by atoms with E-state index in [0.717, 1.165) is 25.0 Å². The van der Waals surface area contributed by atoms with Crippen LogP contribution in [-0.4, -0.2) is 30.6 Å². The molecule has 1 aromatic carbocycles. The fourth-order valence-electron chi connectivity index (χ4n) is 2.43. The van der Waals surface area contributed by atoms with Gasteiger partial charge in [0, 0.05) is 31.4 Å². The standard InChI is InChI=1S/C16H26N2/c1-13(2)12-18(16-7-8-16)10-9-17-15-6-4-5-14(3)11-15/h4-6,11,13,16-17H,7-10,12H2,1-3H3. The fraction of sp³-hybridized carbons (Fsp3) is 0.625. The van der Waals surface area contributed by atoms with Crippen molar-refractivity contribution in [3.8, 4) is 0 Å². The lowest BCUT2D eigenvalue weighted by Gasteiger charge is -2.24. The van der Waals surface area contributed by atoms with Gasteiger partial charge in [-0.25, -0.2) is 0 Å². The van der Waals surface area contributed by atoms with E-state index in [0.29, 0.717) is 0 Å². The molecule has 1 N–H and O–H groups in total. The van der Waals surface area contributed by atoms with Crippen molar-refractivity contribution in [1.29, 1.82) is 0 Å². The Hall–Kier alpha value is -1.02. The van der Waals surface area contributed by atoms with Crippen molar-refractivity contribution in [2.45, 2.75) is 39.7 Å². The Morgan fingerprint density at radius 3 is 2.72 bits per heavy atom. The molecule has 1 aromatic rings. The first-order valence-corrected chi connectivity index (χ1v) is 7.20. The zero-order chi connectivity index (χ0) is 13.0. The number of hydrogen-bond donors (Lipinski definition) is 1. The smallest absolute Gasteiger partial charge is 0.0343 e. The third-order valence-corrected chi connectivity index (χ3v) is 3.41. The fourth-order valence-corrected chi connectivity index (χ4v) is 2.43. The van der Waals surface area contributed by atoms with Crippen molar-refractivity contribution in [2.24, 2.45) is 5.92 Å². The predicted octanol–water partition coefficient (Wildman–Crippen LogP) is 3.53. The van der Waals surface area contributed by atoms with Gasteiger partial charge in [0.1, 0.15) is 0 Å². The maximum atomic E-state index is 3.53. The minimum Gasteiger partial charge on any atom is -0.384 e. The van der Waals surface area contributed by atoms with E-state index in [-0.39, 0.29) is 0 Å². The van der Waals surface area contributed by atoms with Crippen molar-refractivity contribution in [3.05, 3.63) is 29.8 Å². The van der Waals surface area contributed by atoms with Gasteiger partial charge < -0.3 is 5.32 Å². The summed E-state index contributed by atoms with van der Waals surface area (Å²) in [5, 5.41) is 3.53. The van der Waals surface area contributed by atoms with Crippen LogP contribution in [0.15, 0.2) is 24.3 Å². The molecule has 18 heavy (non-hydrogen) atoms. The van der Waals surface area contributed by atoms with Crippen LogP contribution in [0, 0.1) is 12.8 Å². The monoisotopic (exact) mass is 246 g/mol. The second kappa shape index (κ2) is 6.24. The molecule has 2 rings (SSSR count). The van der Waals surface area contributed by atoms with Crippen molar-refractivity contribution in [1.82, 2.24) is 4.90 Å². The van der Waals surface area contributed by atoms with Crippen LogP contribution >= 0.6 is 0 Å². The van der Waals surface area contributed by atoms with Crippen LogP contribution in [0.4, 0.5) is 5.69 Å². The maximum Gasteiger partial charge on any atom is 0.0343 e. The van der Waals surface area contributed by atoms with Crippen molar-refractivity contribution >= 4 is 5.69 Å². The number of hydrogen-bond acceptors (Lipinski definition) is 2. The van der Waals surface area contributed by atoms with Gasteiger partial charge in [0.05, 0.1) is 0 Å². The Labute approximate surface area is 111 Å². The first kappa shape index (κ1) is 13.4. The van der Waals surface area contributed by atoms with E-state index in [1.807, 2.05) is 0 Å². The number of benzene rings is 1. The zero-order valence-electron chi connectivity index (χ0n) is 11.9. The topological polar surface area (TPSA) is 15.3 Å². The quantitative estimate of drug-likeness (QED) is 0.792. The van der Waals surface area contributed by atoms with Gasteiger partial charge in [0.25, 0.3) is 0 Å². The lowest BCUT2D eigenvalue weighted by Crippen LogP contribution is -2.34. The first-order valence-electron chi connectivity index (χ1n) is 7.20. The molecular formula is C16H26N2. The van der Waals surface area contributed by atoms with E-state index >= 15 is 0 Å². The Balaban J connectivity index is 1.76. The second-order valence-corrected chi connectivity index (χ2v) is 5.92. The molecule has 0 spiro atoms. The van der Waals surface area contributed by atoms with Gasteiger partial charge in [-0.05, 0) is 43.4 Å². The molecule has 0 bridgehead atoms. The van der Waals surface area contributed by atoms with Crippen molar-refractivity contribution in [2.75, 3.05) is 25.0 Å². The Kier molecular flexibility index (Phi) is 4.65. The van der Waals surface area contributed by atoms with Gasteiger partial charge in [-0.2, -0.15) is 0 Å². The largest absolute Gasteiger partial charge is 0.384 e. The molecule has 0 amide bonds. The average molecular weight is 246 g/mol. The third-order valence-electron chi connectivity index (χ3n) is 3.41. The van der Waals surface area contributed by atoms with Crippen LogP contribution in [0.5, 0.6) is 0 Å². The molecule has 1 aliphatic carbocycles. The molecular weight excluding hydrogens is 220 g/mol. The van der Waals surface area contributed by atoms with Crippen molar-refractivity contribution in [3.63, 3.8) is 0 Å². The summed E-state index contributed by atoms with van der Waals surface area (Å²) in [5.74, 6) is 0.768. The number of anilines is 1. The molecule has 2 heteroatoms. The molecule has 0 saturated heterocycles. The molecule has 100 valence electrons. The van der Waals surface area contributed by atoms with Gasteiger partial charge in [0.2, 0.25) is 0 Å². The van der Waals surface area contributed by atoms with Gasteiger partial charge in [-0.1, -0.05) is 26.0 Å². The van der Waals surface area contributed by atoms with Crippen LogP contribution in [0.3, 0.4) is 0 Å². The molecule has 0 heterocycles. The van der Waals surface area contributed by atoms with E-state index in [1.165, 1.54) is 30.6 Å². The summed E-state index contributed by atoms with van der Waals surface area (Å²) in [6, 6.07) is 9.48.